The van der Waals surface area contributed by atoms with Gasteiger partial charge in [0.25, 0.3) is 0 Å². The van der Waals surface area contributed by atoms with E-state index >= 15 is 0 Å². The third-order valence-corrected chi connectivity index (χ3v) is 4.14. The predicted octanol–water partition coefficient (Wildman–Crippen LogP) is 3.04. The Morgan fingerprint density at radius 1 is 0.957 bits per heavy atom. The molecule has 0 saturated heterocycles. The van der Waals surface area contributed by atoms with E-state index in [0.29, 0.717) is 26.6 Å². The van der Waals surface area contributed by atoms with Gasteiger partial charge >= 0.3 is 0 Å². The van der Waals surface area contributed by atoms with Crippen LogP contribution in [0.4, 0.5) is 0 Å². The van der Waals surface area contributed by atoms with Gasteiger partial charge < -0.3 is 24.3 Å². The molecule has 0 unspecified atom stereocenters. The number of ether oxygens (including phenoxy) is 4. The van der Waals surface area contributed by atoms with Gasteiger partial charge in [0, 0.05) is 18.2 Å². The minimum atomic E-state index is 0.184. The van der Waals surface area contributed by atoms with E-state index in [1.54, 1.807) is 0 Å². The van der Waals surface area contributed by atoms with Crippen LogP contribution in [0.5, 0.6) is 23.0 Å². The van der Waals surface area contributed by atoms with Gasteiger partial charge in [0.1, 0.15) is 13.2 Å². The Hall–Kier alpha value is -2.40. The molecule has 2 aromatic rings. The van der Waals surface area contributed by atoms with Crippen molar-refractivity contribution < 1.29 is 18.9 Å². The molecule has 0 bridgehead atoms. The summed E-state index contributed by atoms with van der Waals surface area (Å²) in [6.07, 6.45) is 0. The molecule has 0 fully saturated rings. The van der Waals surface area contributed by atoms with Gasteiger partial charge in [-0.15, -0.1) is 0 Å². The van der Waals surface area contributed by atoms with Crippen LogP contribution in [-0.2, 0) is 6.54 Å². The maximum Gasteiger partial charge on any atom is 0.231 e. The Balaban J connectivity index is 1.46. The smallest absolute Gasteiger partial charge is 0.231 e. The highest BCUT2D eigenvalue weighted by Crippen LogP contribution is 2.36. The topological polar surface area (TPSA) is 49.0 Å². The SMILES string of the molecule is C[C@@H](NCc1cccc2c1OCO2)c1ccc2c(c1)OCCO2. The van der Waals surface area contributed by atoms with Gasteiger partial charge in [0.15, 0.2) is 23.0 Å². The number of rotatable bonds is 4. The second kappa shape index (κ2) is 6.01. The van der Waals surface area contributed by atoms with E-state index in [-0.39, 0.29) is 6.04 Å². The van der Waals surface area contributed by atoms with E-state index in [1.165, 1.54) is 5.56 Å². The first kappa shape index (κ1) is 14.2. The predicted molar refractivity (Wildman–Crippen MR) is 85.3 cm³/mol. The summed E-state index contributed by atoms with van der Waals surface area (Å²) in [4.78, 5) is 0. The molecule has 2 aliphatic rings. The van der Waals surface area contributed by atoms with Gasteiger partial charge in [-0.3, -0.25) is 0 Å². The van der Waals surface area contributed by atoms with Gasteiger partial charge in [-0.1, -0.05) is 18.2 Å². The van der Waals surface area contributed by atoms with E-state index in [0.717, 1.165) is 28.6 Å². The highest BCUT2D eigenvalue weighted by Gasteiger charge is 2.18. The molecule has 0 aromatic heterocycles. The van der Waals surface area contributed by atoms with E-state index in [2.05, 4.69) is 24.4 Å². The fourth-order valence-corrected chi connectivity index (χ4v) is 2.84. The lowest BCUT2D eigenvalue weighted by Gasteiger charge is -2.21. The lowest BCUT2D eigenvalue weighted by Crippen LogP contribution is -2.19. The third-order valence-electron chi connectivity index (χ3n) is 4.14. The number of benzene rings is 2. The number of nitrogens with one attached hydrogen (secondary N) is 1. The summed E-state index contributed by atoms with van der Waals surface area (Å²) in [5, 5.41) is 3.52. The molecule has 1 N–H and O–H groups in total. The molecular weight excluding hydrogens is 294 g/mol. The highest BCUT2D eigenvalue weighted by molar-refractivity contribution is 5.48. The van der Waals surface area contributed by atoms with Crippen LogP contribution in [0.2, 0.25) is 0 Å². The van der Waals surface area contributed by atoms with Crippen LogP contribution in [0.3, 0.4) is 0 Å². The molecule has 2 aliphatic heterocycles. The summed E-state index contributed by atoms with van der Waals surface area (Å²) in [6.45, 7) is 4.35. The molecule has 23 heavy (non-hydrogen) atoms. The van der Waals surface area contributed by atoms with Crippen LogP contribution < -0.4 is 24.3 Å². The van der Waals surface area contributed by atoms with E-state index in [4.69, 9.17) is 18.9 Å². The molecule has 0 aliphatic carbocycles. The summed E-state index contributed by atoms with van der Waals surface area (Å²) < 4.78 is 22.2. The highest BCUT2D eigenvalue weighted by atomic mass is 16.7. The van der Waals surface area contributed by atoms with Crippen LogP contribution in [0.15, 0.2) is 36.4 Å². The van der Waals surface area contributed by atoms with Crippen LogP contribution in [-0.4, -0.2) is 20.0 Å². The van der Waals surface area contributed by atoms with Crippen molar-refractivity contribution in [2.24, 2.45) is 0 Å². The van der Waals surface area contributed by atoms with Crippen molar-refractivity contribution in [1.82, 2.24) is 5.32 Å². The monoisotopic (exact) mass is 313 g/mol. The summed E-state index contributed by atoms with van der Waals surface area (Å²) in [5.41, 5.74) is 2.27. The van der Waals surface area contributed by atoms with Gasteiger partial charge in [-0.2, -0.15) is 0 Å². The van der Waals surface area contributed by atoms with E-state index < -0.39 is 0 Å². The molecular formula is C18H19NO4. The van der Waals surface area contributed by atoms with Gasteiger partial charge in [-0.25, -0.2) is 0 Å². The lowest BCUT2D eigenvalue weighted by atomic mass is 10.1. The number of fused-ring (bicyclic) bond motifs is 2. The Kier molecular flexibility index (Phi) is 3.71. The van der Waals surface area contributed by atoms with Gasteiger partial charge in [0.05, 0.1) is 0 Å². The van der Waals surface area contributed by atoms with Gasteiger partial charge in [0.2, 0.25) is 6.79 Å². The average molecular weight is 313 g/mol. The fraction of sp³-hybridized carbons (Fsp3) is 0.333. The first-order valence-corrected chi connectivity index (χ1v) is 7.82. The maximum atomic E-state index is 5.65. The minimum Gasteiger partial charge on any atom is -0.486 e. The Labute approximate surface area is 135 Å². The van der Waals surface area contributed by atoms with Crippen LogP contribution in [0.25, 0.3) is 0 Å². The van der Waals surface area contributed by atoms with Crippen molar-refractivity contribution in [1.29, 1.82) is 0 Å². The zero-order chi connectivity index (χ0) is 15.6. The molecule has 120 valence electrons. The first-order valence-electron chi connectivity index (χ1n) is 7.82. The van der Waals surface area contributed by atoms with Crippen molar-refractivity contribution in [3.63, 3.8) is 0 Å². The Bertz CT molecular complexity index is 716. The summed E-state index contributed by atoms with van der Waals surface area (Å²) in [5.74, 6) is 3.30. The maximum absolute atomic E-state index is 5.65. The normalized spacial score (nSPS) is 16.2. The van der Waals surface area contributed by atoms with Crippen molar-refractivity contribution in [2.45, 2.75) is 19.5 Å². The molecule has 2 aromatic carbocycles. The summed E-state index contributed by atoms with van der Waals surface area (Å²) >= 11 is 0. The van der Waals surface area contributed by atoms with Crippen molar-refractivity contribution in [3.8, 4) is 23.0 Å². The van der Waals surface area contributed by atoms with Crippen LogP contribution >= 0.6 is 0 Å². The summed E-state index contributed by atoms with van der Waals surface area (Å²) in [7, 11) is 0. The van der Waals surface area contributed by atoms with E-state index in [1.807, 2.05) is 24.3 Å². The average Bonchev–Trinajstić information content (AvgIpc) is 3.08. The molecule has 1 atom stereocenters. The molecule has 5 heteroatoms. The number of hydrogen-bond donors (Lipinski definition) is 1. The second-order valence-corrected chi connectivity index (χ2v) is 5.66. The largest absolute Gasteiger partial charge is 0.486 e. The molecule has 4 rings (SSSR count). The minimum absolute atomic E-state index is 0.184. The number of para-hydroxylation sites is 1. The molecule has 5 nitrogen and oxygen atoms in total. The zero-order valence-corrected chi connectivity index (χ0v) is 13.0. The zero-order valence-electron chi connectivity index (χ0n) is 13.0. The second-order valence-electron chi connectivity index (χ2n) is 5.66. The molecule has 0 radical (unpaired) electrons. The third kappa shape index (κ3) is 2.80. The quantitative estimate of drug-likeness (QED) is 0.940. The number of hydrogen-bond acceptors (Lipinski definition) is 5. The molecule has 2 heterocycles. The lowest BCUT2D eigenvalue weighted by molar-refractivity contribution is 0.171. The van der Waals surface area contributed by atoms with Crippen molar-refractivity contribution in [3.05, 3.63) is 47.5 Å². The first-order chi connectivity index (χ1) is 11.3. The van der Waals surface area contributed by atoms with E-state index in [9.17, 15) is 0 Å². The molecule has 0 amide bonds. The van der Waals surface area contributed by atoms with Crippen molar-refractivity contribution >= 4 is 0 Å². The fourth-order valence-electron chi connectivity index (χ4n) is 2.84. The van der Waals surface area contributed by atoms with Gasteiger partial charge in [-0.05, 0) is 30.7 Å². The Morgan fingerprint density at radius 2 is 1.83 bits per heavy atom. The van der Waals surface area contributed by atoms with Crippen LogP contribution in [0, 0.1) is 0 Å². The molecule has 0 spiro atoms. The summed E-state index contributed by atoms with van der Waals surface area (Å²) in [6, 6.07) is 12.2. The van der Waals surface area contributed by atoms with Crippen LogP contribution in [0.1, 0.15) is 24.1 Å². The Morgan fingerprint density at radius 3 is 2.74 bits per heavy atom. The standard InChI is InChI=1S/C18H19NO4/c1-12(13-5-6-15-17(9-13)21-8-7-20-15)19-10-14-3-2-4-16-18(14)23-11-22-16/h2-6,9,12,19H,7-8,10-11H2,1H3/t12-/m1/s1. The molecule has 0 saturated carbocycles. The van der Waals surface area contributed by atoms with Crippen molar-refractivity contribution in [2.75, 3.05) is 20.0 Å².